The minimum Gasteiger partial charge on any atom is -0.481 e. The molecule has 1 aliphatic heterocycles. The number of ether oxygens (including phenoxy) is 1. The van der Waals surface area contributed by atoms with Crippen LogP contribution in [0.1, 0.15) is 58.6 Å². The molecule has 5 fully saturated rings. The molecule has 1 saturated heterocycles. The molecule has 0 amide bonds. The van der Waals surface area contributed by atoms with Crippen molar-refractivity contribution in [1.82, 2.24) is 19.5 Å². The highest BCUT2D eigenvalue weighted by Crippen LogP contribution is 2.67. The van der Waals surface area contributed by atoms with Crippen LogP contribution in [0.5, 0.6) is 0 Å². The van der Waals surface area contributed by atoms with Gasteiger partial charge in [-0.3, -0.25) is 13.9 Å². The van der Waals surface area contributed by atoms with Crippen LogP contribution < -0.4 is 5.32 Å². The number of rotatable bonds is 8. The van der Waals surface area contributed by atoms with Crippen LogP contribution in [-0.4, -0.2) is 82.3 Å². The van der Waals surface area contributed by atoms with Crippen LogP contribution in [0.15, 0.2) is 6.33 Å². The minimum atomic E-state index is -4.46. The third-order valence-corrected chi connectivity index (χ3v) is 10.2. The second-order valence-electron chi connectivity index (χ2n) is 12.7. The number of hydrogen-bond donors (Lipinski definition) is 5. The molecule has 5 aliphatic rings. The Kier molecular flexibility index (Phi) is 6.35. The Bertz CT molecular complexity index is 1360. The summed E-state index contributed by atoms with van der Waals surface area (Å²) < 4.78 is 24.0. The maximum Gasteiger partial charge on any atom is 0.339 e. The molecule has 5 N–H and O–H groups in total. The number of nitrogens with one attached hydrogen (secondary N) is 1. The van der Waals surface area contributed by atoms with Crippen LogP contribution >= 0.6 is 19.2 Å². The van der Waals surface area contributed by atoms with Crippen molar-refractivity contribution in [3.05, 3.63) is 11.6 Å². The van der Waals surface area contributed by atoms with Crippen LogP contribution in [0.3, 0.4) is 0 Å². The molecule has 0 aromatic carbocycles. The number of carbonyl (C=O) groups is 1. The van der Waals surface area contributed by atoms with Gasteiger partial charge in [0.25, 0.3) is 0 Å². The summed E-state index contributed by atoms with van der Waals surface area (Å²) in [4.78, 5) is 33.8. The number of carboxylic acids is 1. The molecular weight excluding hydrogens is 553 g/mol. The Labute approximate surface area is 229 Å². The van der Waals surface area contributed by atoms with Crippen molar-refractivity contribution >= 4 is 42.1 Å². The van der Waals surface area contributed by atoms with Crippen molar-refractivity contribution in [3.63, 3.8) is 0 Å². The third kappa shape index (κ3) is 4.96. The van der Waals surface area contributed by atoms with Gasteiger partial charge in [0.2, 0.25) is 5.28 Å². The summed E-state index contributed by atoms with van der Waals surface area (Å²) in [7, 11) is -4.46. The van der Waals surface area contributed by atoms with E-state index in [0.717, 1.165) is 19.3 Å². The lowest BCUT2D eigenvalue weighted by atomic mass is 9.43. The summed E-state index contributed by atoms with van der Waals surface area (Å²) in [5.74, 6) is -0.350. The number of nitrogens with zero attached hydrogens (tertiary/aromatic N) is 4. The molecule has 214 valence electrons. The van der Waals surface area contributed by atoms with Crippen molar-refractivity contribution < 1.29 is 38.8 Å². The van der Waals surface area contributed by atoms with Gasteiger partial charge in [-0.2, -0.15) is 9.97 Å². The van der Waals surface area contributed by atoms with Crippen molar-refractivity contribution in [3.8, 4) is 0 Å². The van der Waals surface area contributed by atoms with E-state index in [2.05, 4.69) is 34.1 Å². The average molecular weight is 586 g/mol. The molecule has 2 aromatic heterocycles. The van der Waals surface area contributed by atoms with Gasteiger partial charge in [-0.15, -0.1) is 0 Å². The Hall–Kier alpha value is -1.86. The smallest absolute Gasteiger partial charge is 0.339 e. The van der Waals surface area contributed by atoms with E-state index in [9.17, 15) is 24.5 Å². The van der Waals surface area contributed by atoms with Crippen molar-refractivity contribution in [2.24, 2.45) is 16.7 Å². The second-order valence-corrected chi connectivity index (χ2v) is 14.9. The number of imidazole rings is 1. The number of hydrogen-bond acceptors (Lipinski definition) is 10. The quantitative estimate of drug-likeness (QED) is 0.225. The lowest BCUT2D eigenvalue weighted by molar-refractivity contribution is -0.134. The Morgan fingerprint density at radius 3 is 2.54 bits per heavy atom. The molecule has 9 atom stereocenters. The van der Waals surface area contributed by atoms with Gasteiger partial charge in [0, 0.05) is 5.54 Å². The Morgan fingerprint density at radius 2 is 1.90 bits per heavy atom. The maximum atomic E-state index is 11.9. The van der Waals surface area contributed by atoms with E-state index in [1.807, 2.05) is 0 Å². The first kappa shape index (κ1) is 27.3. The second kappa shape index (κ2) is 9.07. The molecule has 0 radical (unpaired) electrons. The molecule has 39 heavy (non-hydrogen) atoms. The van der Waals surface area contributed by atoms with Crippen molar-refractivity contribution in [2.45, 2.75) is 82.5 Å². The topological polar surface area (TPSA) is 189 Å². The highest BCUT2D eigenvalue weighted by molar-refractivity contribution is 7.53. The van der Waals surface area contributed by atoms with Crippen LogP contribution in [0, 0.1) is 16.7 Å². The molecule has 15 heteroatoms. The van der Waals surface area contributed by atoms with Crippen molar-refractivity contribution in [1.29, 1.82) is 0 Å². The largest absolute Gasteiger partial charge is 0.481 e. The fraction of sp³-hybridized carbons (Fsp3) is 0.750. The number of aliphatic hydroxyl groups is 2. The molecule has 13 nitrogen and oxygen atoms in total. The normalized spacial score (nSPS) is 40.7. The zero-order chi connectivity index (χ0) is 28.0. The molecule has 3 unspecified atom stereocenters. The van der Waals surface area contributed by atoms with Gasteiger partial charge >= 0.3 is 13.6 Å². The molecule has 4 bridgehead atoms. The highest BCUT2D eigenvalue weighted by Gasteiger charge is 2.60. The summed E-state index contributed by atoms with van der Waals surface area (Å²) in [5.41, 5.74) is 1.14. The third-order valence-electron chi connectivity index (χ3n) is 8.79. The average Bonchev–Trinajstić information content (AvgIpc) is 3.30. The molecule has 0 spiro atoms. The number of aliphatic hydroxyl groups excluding tert-OH is 2. The molecule has 2 aromatic rings. The summed E-state index contributed by atoms with van der Waals surface area (Å²) in [6, 6.07) is 0. The number of fused-ring (bicyclic) bond motifs is 1. The van der Waals surface area contributed by atoms with Gasteiger partial charge in [-0.05, 0) is 66.9 Å². The van der Waals surface area contributed by atoms with E-state index in [4.69, 9.17) is 26.0 Å². The van der Waals surface area contributed by atoms with Gasteiger partial charge in [0.05, 0.1) is 12.9 Å². The summed E-state index contributed by atoms with van der Waals surface area (Å²) in [5, 5.41) is 33.7. The molecule has 7 rings (SSSR count). The molecule has 4 saturated carbocycles. The van der Waals surface area contributed by atoms with Gasteiger partial charge in [-0.1, -0.05) is 13.8 Å². The van der Waals surface area contributed by atoms with E-state index in [1.54, 1.807) is 0 Å². The summed E-state index contributed by atoms with van der Waals surface area (Å²) in [6.07, 6.45) is 1.83. The number of aliphatic carboxylic acids is 1. The van der Waals surface area contributed by atoms with E-state index >= 15 is 0 Å². The predicted octanol–water partition coefficient (Wildman–Crippen LogP) is 2.55. The number of anilines is 1. The van der Waals surface area contributed by atoms with Gasteiger partial charge in [0.1, 0.15) is 24.5 Å². The van der Waals surface area contributed by atoms with Crippen LogP contribution in [0.2, 0.25) is 5.28 Å². The van der Waals surface area contributed by atoms with Crippen LogP contribution in [-0.2, 0) is 18.6 Å². The highest BCUT2D eigenvalue weighted by atomic mass is 35.5. The SMILES string of the molecule is C[C@]12CC3CC(Nc4nc(Cl)nc5c4ncn5[C@@H]4O[C@H](COP(=O)(O)CC(=O)O)[C@H](O)[C@@H]4O)(C1)C[C@@](C)(C3)C2. The molecular formula is C24H33ClN5O8P. The van der Waals surface area contributed by atoms with Gasteiger partial charge in [0.15, 0.2) is 23.2 Å². The Balaban J connectivity index is 1.26. The predicted molar refractivity (Wildman–Crippen MR) is 138 cm³/mol. The Morgan fingerprint density at radius 1 is 1.21 bits per heavy atom. The standard InChI is InChI=1S/C24H33ClN5O8P/c1-22-3-12-4-23(2,8-22)10-24(5-12,9-22)29-18-15-19(28-21(25)27-18)30(11-26-15)20-17(34)16(33)13(38-20)6-37-39(35,36)7-14(31)32/h11-13,16-17,20,33-34H,3-10H2,1-2H3,(H,31,32)(H,35,36)(H,27,28,29)/t12?,13-,16+,17+,20-,22-,23+,24?/m1/s1. The van der Waals surface area contributed by atoms with E-state index in [1.165, 1.54) is 30.2 Å². The molecule has 3 heterocycles. The first-order valence-electron chi connectivity index (χ1n) is 13.1. The van der Waals surface area contributed by atoms with Crippen LogP contribution in [0.4, 0.5) is 5.82 Å². The monoisotopic (exact) mass is 585 g/mol. The zero-order valence-electron chi connectivity index (χ0n) is 21.7. The van der Waals surface area contributed by atoms with E-state index < -0.39 is 50.9 Å². The van der Waals surface area contributed by atoms with E-state index in [0.29, 0.717) is 17.3 Å². The fourth-order valence-electron chi connectivity index (χ4n) is 8.50. The minimum absolute atomic E-state index is 0.0169. The maximum absolute atomic E-state index is 11.9. The van der Waals surface area contributed by atoms with Crippen molar-refractivity contribution in [2.75, 3.05) is 18.1 Å². The first-order chi connectivity index (χ1) is 18.2. The van der Waals surface area contributed by atoms with Gasteiger partial charge in [-0.25, -0.2) is 4.98 Å². The number of aromatic nitrogens is 4. The molecule has 4 aliphatic carbocycles. The zero-order valence-corrected chi connectivity index (χ0v) is 23.3. The number of halogens is 1. The van der Waals surface area contributed by atoms with Crippen LogP contribution in [0.25, 0.3) is 11.2 Å². The lowest BCUT2D eigenvalue weighted by Crippen LogP contribution is -2.61. The number of carboxylic acid groups (broad SMARTS) is 1. The lowest BCUT2D eigenvalue weighted by Gasteiger charge is -2.65. The van der Waals surface area contributed by atoms with E-state index in [-0.39, 0.29) is 27.3 Å². The summed E-state index contributed by atoms with van der Waals surface area (Å²) in [6.45, 7) is 4.16. The first-order valence-corrected chi connectivity index (χ1v) is 15.2. The van der Waals surface area contributed by atoms with Gasteiger partial charge < -0.3 is 34.8 Å². The fourth-order valence-corrected chi connectivity index (χ4v) is 9.48. The summed E-state index contributed by atoms with van der Waals surface area (Å²) >= 11 is 6.35.